The molecular weight excluding hydrogens is 208 g/mol. The summed E-state index contributed by atoms with van der Waals surface area (Å²) in [6.45, 7) is 2.94. The number of aliphatic hydroxyl groups excluding tert-OH is 1. The zero-order valence-corrected chi connectivity index (χ0v) is 9.46. The van der Waals surface area contributed by atoms with Gasteiger partial charge in [-0.1, -0.05) is 18.2 Å². The summed E-state index contributed by atoms with van der Waals surface area (Å²) in [6.07, 6.45) is -0.513. The van der Waals surface area contributed by atoms with Crippen LogP contribution in [-0.2, 0) is 4.74 Å². The molecule has 0 fully saturated rings. The van der Waals surface area contributed by atoms with Crippen molar-refractivity contribution in [2.45, 2.75) is 13.0 Å². The van der Waals surface area contributed by atoms with Gasteiger partial charge in [0, 0.05) is 16.9 Å². The lowest BCUT2D eigenvalue weighted by atomic mass is 10.1. The van der Waals surface area contributed by atoms with Crippen LogP contribution >= 0.6 is 11.3 Å². The Hall–Kier alpha value is -0.900. The molecule has 0 aliphatic heterocycles. The fourth-order valence-electron chi connectivity index (χ4n) is 1.58. The average molecular weight is 222 g/mol. The zero-order chi connectivity index (χ0) is 10.7. The van der Waals surface area contributed by atoms with Gasteiger partial charge in [-0.2, -0.15) is 0 Å². The number of ether oxygens (including phenoxy) is 1. The van der Waals surface area contributed by atoms with Crippen LogP contribution in [0.15, 0.2) is 29.6 Å². The van der Waals surface area contributed by atoms with Gasteiger partial charge in [-0.15, -0.1) is 11.3 Å². The van der Waals surface area contributed by atoms with Crippen molar-refractivity contribution in [1.29, 1.82) is 0 Å². The molecule has 0 amide bonds. The summed E-state index contributed by atoms with van der Waals surface area (Å²) in [7, 11) is 0. The van der Waals surface area contributed by atoms with E-state index in [2.05, 4.69) is 6.07 Å². The highest BCUT2D eigenvalue weighted by Crippen LogP contribution is 2.30. The van der Waals surface area contributed by atoms with Crippen molar-refractivity contribution in [2.75, 3.05) is 13.2 Å². The summed E-state index contributed by atoms with van der Waals surface area (Å²) < 4.78 is 6.43. The van der Waals surface area contributed by atoms with Gasteiger partial charge in [0.25, 0.3) is 0 Å². The van der Waals surface area contributed by atoms with Crippen molar-refractivity contribution < 1.29 is 9.84 Å². The summed E-state index contributed by atoms with van der Waals surface area (Å²) in [4.78, 5) is 0. The van der Waals surface area contributed by atoms with E-state index < -0.39 is 6.10 Å². The third-order valence-corrected chi connectivity index (χ3v) is 3.33. The molecule has 0 saturated carbocycles. The van der Waals surface area contributed by atoms with E-state index in [1.807, 2.05) is 30.5 Å². The van der Waals surface area contributed by atoms with Crippen molar-refractivity contribution in [3.63, 3.8) is 0 Å². The SMILES string of the molecule is CCOCC(O)c1csc2ccccc12. The second-order valence-corrected chi connectivity index (χ2v) is 4.27. The third kappa shape index (κ3) is 2.20. The van der Waals surface area contributed by atoms with Crippen molar-refractivity contribution in [2.24, 2.45) is 0 Å². The van der Waals surface area contributed by atoms with Crippen LogP contribution in [0.2, 0.25) is 0 Å². The van der Waals surface area contributed by atoms with E-state index in [9.17, 15) is 5.11 Å². The number of hydrogen-bond acceptors (Lipinski definition) is 3. The molecule has 0 saturated heterocycles. The van der Waals surface area contributed by atoms with Crippen molar-refractivity contribution in [3.05, 3.63) is 35.2 Å². The minimum atomic E-state index is -0.513. The third-order valence-electron chi connectivity index (χ3n) is 2.35. The van der Waals surface area contributed by atoms with E-state index in [4.69, 9.17) is 4.74 Å². The molecule has 3 heteroatoms. The number of benzene rings is 1. The average Bonchev–Trinajstić information content (AvgIpc) is 2.69. The topological polar surface area (TPSA) is 29.5 Å². The Kier molecular flexibility index (Phi) is 3.36. The van der Waals surface area contributed by atoms with Gasteiger partial charge in [-0.3, -0.25) is 0 Å². The van der Waals surface area contributed by atoms with Crippen molar-refractivity contribution >= 4 is 21.4 Å². The molecule has 0 aliphatic carbocycles. The Balaban J connectivity index is 2.27. The molecule has 2 rings (SSSR count). The van der Waals surface area contributed by atoms with E-state index in [0.29, 0.717) is 13.2 Å². The predicted octanol–water partition coefficient (Wildman–Crippen LogP) is 2.97. The first-order chi connectivity index (χ1) is 7.33. The predicted molar refractivity (Wildman–Crippen MR) is 63.3 cm³/mol. The monoisotopic (exact) mass is 222 g/mol. The van der Waals surface area contributed by atoms with Gasteiger partial charge in [0.15, 0.2) is 0 Å². The highest BCUT2D eigenvalue weighted by Gasteiger charge is 2.12. The standard InChI is InChI=1S/C12H14O2S/c1-2-14-7-11(13)10-8-15-12-6-4-3-5-9(10)12/h3-6,8,11,13H,2,7H2,1H3. The fourth-order valence-corrected chi connectivity index (χ4v) is 2.58. The first kappa shape index (κ1) is 10.6. The molecule has 1 aromatic carbocycles. The van der Waals surface area contributed by atoms with Crippen LogP contribution in [0.5, 0.6) is 0 Å². The number of hydrogen-bond donors (Lipinski definition) is 1. The molecule has 15 heavy (non-hydrogen) atoms. The molecule has 1 unspecified atom stereocenters. The summed E-state index contributed by atoms with van der Waals surface area (Å²) in [5, 5.41) is 13.1. The van der Waals surface area contributed by atoms with Crippen LogP contribution in [0.25, 0.3) is 10.1 Å². The molecule has 1 atom stereocenters. The molecule has 0 spiro atoms. The molecule has 1 N–H and O–H groups in total. The number of aliphatic hydroxyl groups is 1. The van der Waals surface area contributed by atoms with Gasteiger partial charge in [-0.25, -0.2) is 0 Å². The van der Waals surface area contributed by atoms with E-state index in [-0.39, 0.29) is 0 Å². The summed E-state index contributed by atoms with van der Waals surface area (Å²) >= 11 is 1.66. The smallest absolute Gasteiger partial charge is 0.104 e. The number of thiophene rings is 1. The molecule has 0 aliphatic rings. The Morgan fingerprint density at radius 1 is 1.40 bits per heavy atom. The minimum absolute atomic E-state index is 0.372. The molecular formula is C12H14O2S. The van der Waals surface area contributed by atoms with Gasteiger partial charge < -0.3 is 9.84 Å². The van der Waals surface area contributed by atoms with E-state index in [0.717, 1.165) is 10.9 Å². The molecule has 2 nitrogen and oxygen atoms in total. The first-order valence-electron chi connectivity index (χ1n) is 5.05. The Morgan fingerprint density at radius 3 is 3.00 bits per heavy atom. The van der Waals surface area contributed by atoms with Crippen LogP contribution in [0.3, 0.4) is 0 Å². The van der Waals surface area contributed by atoms with Crippen LogP contribution in [-0.4, -0.2) is 18.3 Å². The van der Waals surface area contributed by atoms with Gasteiger partial charge in [-0.05, 0) is 23.8 Å². The minimum Gasteiger partial charge on any atom is -0.386 e. The normalized spacial score (nSPS) is 13.2. The van der Waals surface area contributed by atoms with Crippen LogP contribution in [0, 0.1) is 0 Å². The lowest BCUT2D eigenvalue weighted by Crippen LogP contribution is -2.06. The molecule has 80 valence electrons. The summed E-state index contributed by atoms with van der Waals surface area (Å²) in [5.74, 6) is 0. The number of fused-ring (bicyclic) bond motifs is 1. The first-order valence-corrected chi connectivity index (χ1v) is 5.93. The Morgan fingerprint density at radius 2 is 2.20 bits per heavy atom. The van der Waals surface area contributed by atoms with E-state index in [1.165, 1.54) is 4.70 Å². The summed E-state index contributed by atoms with van der Waals surface area (Å²) in [6, 6.07) is 8.11. The number of rotatable bonds is 4. The Bertz CT molecular complexity index is 436. The zero-order valence-electron chi connectivity index (χ0n) is 8.64. The Labute approximate surface area is 93.1 Å². The van der Waals surface area contributed by atoms with Gasteiger partial charge >= 0.3 is 0 Å². The second kappa shape index (κ2) is 4.75. The lowest BCUT2D eigenvalue weighted by Gasteiger charge is -2.09. The quantitative estimate of drug-likeness (QED) is 0.861. The fraction of sp³-hybridized carbons (Fsp3) is 0.333. The lowest BCUT2D eigenvalue weighted by molar-refractivity contribution is 0.0429. The molecule has 1 aromatic heterocycles. The molecule has 0 radical (unpaired) electrons. The maximum atomic E-state index is 9.92. The molecule has 0 bridgehead atoms. The van der Waals surface area contributed by atoms with Crippen molar-refractivity contribution in [3.8, 4) is 0 Å². The summed E-state index contributed by atoms with van der Waals surface area (Å²) in [5.41, 5.74) is 0.976. The van der Waals surface area contributed by atoms with E-state index >= 15 is 0 Å². The van der Waals surface area contributed by atoms with E-state index in [1.54, 1.807) is 11.3 Å². The van der Waals surface area contributed by atoms with Crippen molar-refractivity contribution in [1.82, 2.24) is 0 Å². The second-order valence-electron chi connectivity index (χ2n) is 3.36. The van der Waals surface area contributed by atoms with Crippen LogP contribution in [0.4, 0.5) is 0 Å². The molecule has 2 aromatic rings. The highest BCUT2D eigenvalue weighted by atomic mass is 32.1. The van der Waals surface area contributed by atoms with Gasteiger partial charge in [0.1, 0.15) is 6.10 Å². The highest BCUT2D eigenvalue weighted by molar-refractivity contribution is 7.17. The molecule has 1 heterocycles. The largest absolute Gasteiger partial charge is 0.386 e. The van der Waals surface area contributed by atoms with Gasteiger partial charge in [0.2, 0.25) is 0 Å². The maximum Gasteiger partial charge on any atom is 0.104 e. The van der Waals surface area contributed by atoms with Crippen LogP contribution < -0.4 is 0 Å². The maximum absolute atomic E-state index is 9.92. The van der Waals surface area contributed by atoms with Crippen LogP contribution in [0.1, 0.15) is 18.6 Å². The van der Waals surface area contributed by atoms with Gasteiger partial charge in [0.05, 0.1) is 6.61 Å².